The summed E-state index contributed by atoms with van der Waals surface area (Å²) < 4.78 is 40.1. The predicted molar refractivity (Wildman–Crippen MR) is 121 cm³/mol. The molecular formula is C19H26FIN4O2S. The van der Waals surface area contributed by atoms with Crippen molar-refractivity contribution in [3.63, 3.8) is 0 Å². The SMILES string of the molecule is CN=C(NCCNS(=O)(=O)c1ccc(C)cc1)N(C)Cc1ccc(F)cc1.I. The Labute approximate surface area is 183 Å². The maximum Gasteiger partial charge on any atom is 0.240 e. The van der Waals surface area contributed by atoms with Crippen molar-refractivity contribution in [1.82, 2.24) is 14.9 Å². The Morgan fingerprint density at radius 2 is 1.68 bits per heavy atom. The Balaban J connectivity index is 0.00000392. The fourth-order valence-electron chi connectivity index (χ4n) is 2.48. The quantitative estimate of drug-likeness (QED) is 0.255. The van der Waals surface area contributed by atoms with E-state index in [1.807, 2.05) is 18.9 Å². The average Bonchev–Trinajstić information content (AvgIpc) is 2.64. The van der Waals surface area contributed by atoms with Crippen LogP contribution in [0.2, 0.25) is 0 Å². The maximum atomic E-state index is 13.0. The molecule has 0 aliphatic heterocycles. The molecular weight excluding hydrogens is 494 g/mol. The van der Waals surface area contributed by atoms with Crippen LogP contribution in [-0.4, -0.2) is 46.5 Å². The molecule has 28 heavy (non-hydrogen) atoms. The zero-order valence-corrected chi connectivity index (χ0v) is 19.3. The van der Waals surface area contributed by atoms with Gasteiger partial charge in [-0.3, -0.25) is 4.99 Å². The molecule has 0 spiro atoms. The van der Waals surface area contributed by atoms with Gasteiger partial charge in [-0.1, -0.05) is 29.8 Å². The Morgan fingerprint density at radius 1 is 1.07 bits per heavy atom. The Morgan fingerprint density at radius 3 is 2.25 bits per heavy atom. The number of nitrogens with zero attached hydrogens (tertiary/aromatic N) is 2. The molecule has 0 radical (unpaired) electrons. The van der Waals surface area contributed by atoms with Crippen LogP contribution in [0.15, 0.2) is 58.4 Å². The molecule has 0 amide bonds. The van der Waals surface area contributed by atoms with Crippen molar-refractivity contribution in [1.29, 1.82) is 0 Å². The number of benzene rings is 2. The summed E-state index contributed by atoms with van der Waals surface area (Å²) >= 11 is 0. The van der Waals surface area contributed by atoms with E-state index in [0.29, 0.717) is 19.0 Å². The largest absolute Gasteiger partial charge is 0.355 e. The van der Waals surface area contributed by atoms with Crippen molar-refractivity contribution in [2.45, 2.75) is 18.4 Å². The van der Waals surface area contributed by atoms with Gasteiger partial charge in [0.1, 0.15) is 5.82 Å². The van der Waals surface area contributed by atoms with E-state index >= 15 is 0 Å². The number of halogens is 2. The summed E-state index contributed by atoms with van der Waals surface area (Å²) in [5.41, 5.74) is 1.95. The normalized spacial score (nSPS) is 11.6. The first-order valence-corrected chi connectivity index (χ1v) is 10.0. The minimum absolute atomic E-state index is 0. The second-order valence-electron chi connectivity index (χ2n) is 6.17. The predicted octanol–water partition coefficient (Wildman–Crippen LogP) is 2.74. The lowest BCUT2D eigenvalue weighted by Gasteiger charge is -2.22. The van der Waals surface area contributed by atoms with Gasteiger partial charge >= 0.3 is 0 Å². The van der Waals surface area contributed by atoms with Crippen LogP contribution in [0.3, 0.4) is 0 Å². The molecule has 2 aromatic carbocycles. The monoisotopic (exact) mass is 520 g/mol. The third-order valence-corrected chi connectivity index (χ3v) is 5.41. The van der Waals surface area contributed by atoms with E-state index in [1.54, 1.807) is 43.4 Å². The standard InChI is InChI=1S/C19H25FN4O2S.HI/c1-15-4-10-18(11-5-15)27(25,26)23-13-12-22-19(21-2)24(3)14-16-6-8-17(20)9-7-16;/h4-11,23H,12-14H2,1-3H3,(H,21,22);1H. The zero-order chi connectivity index (χ0) is 19.9. The van der Waals surface area contributed by atoms with Crippen molar-refractivity contribution in [3.8, 4) is 0 Å². The van der Waals surface area contributed by atoms with Gasteiger partial charge in [0, 0.05) is 33.7 Å². The minimum atomic E-state index is -3.53. The smallest absolute Gasteiger partial charge is 0.240 e. The molecule has 2 aromatic rings. The zero-order valence-electron chi connectivity index (χ0n) is 16.1. The number of aliphatic imine (C=N–C) groups is 1. The van der Waals surface area contributed by atoms with E-state index in [4.69, 9.17) is 0 Å². The van der Waals surface area contributed by atoms with Gasteiger partial charge in [0.05, 0.1) is 4.90 Å². The molecule has 2 rings (SSSR count). The summed E-state index contributed by atoms with van der Waals surface area (Å²) in [4.78, 5) is 6.30. The molecule has 6 nitrogen and oxygen atoms in total. The summed E-state index contributed by atoms with van der Waals surface area (Å²) in [6, 6.07) is 13.0. The van der Waals surface area contributed by atoms with Gasteiger partial charge in [-0.05, 0) is 36.8 Å². The fraction of sp³-hybridized carbons (Fsp3) is 0.316. The van der Waals surface area contributed by atoms with E-state index in [0.717, 1.165) is 11.1 Å². The van der Waals surface area contributed by atoms with Crippen LogP contribution in [0.25, 0.3) is 0 Å². The summed E-state index contributed by atoms with van der Waals surface area (Å²) in [7, 11) is -0.0245. The van der Waals surface area contributed by atoms with Crippen LogP contribution in [0.1, 0.15) is 11.1 Å². The average molecular weight is 520 g/mol. The molecule has 0 fully saturated rings. The van der Waals surface area contributed by atoms with Crippen LogP contribution in [0.5, 0.6) is 0 Å². The van der Waals surface area contributed by atoms with Gasteiger partial charge in [-0.25, -0.2) is 17.5 Å². The summed E-state index contributed by atoms with van der Waals surface area (Å²) in [6.45, 7) is 3.06. The van der Waals surface area contributed by atoms with E-state index in [1.165, 1.54) is 12.1 Å². The highest BCUT2D eigenvalue weighted by Gasteiger charge is 2.13. The Kier molecular flexibility index (Phi) is 9.83. The number of aryl methyl sites for hydroxylation is 1. The first-order chi connectivity index (χ1) is 12.8. The highest BCUT2D eigenvalue weighted by molar-refractivity contribution is 14.0. The van der Waals surface area contributed by atoms with Crippen molar-refractivity contribution in [2.24, 2.45) is 4.99 Å². The van der Waals surface area contributed by atoms with Crippen LogP contribution in [-0.2, 0) is 16.6 Å². The molecule has 0 atom stereocenters. The lowest BCUT2D eigenvalue weighted by molar-refractivity contribution is 0.476. The minimum Gasteiger partial charge on any atom is -0.355 e. The number of guanidine groups is 1. The van der Waals surface area contributed by atoms with E-state index in [-0.39, 0.29) is 41.2 Å². The molecule has 2 N–H and O–H groups in total. The first kappa shape index (κ1) is 24.3. The van der Waals surface area contributed by atoms with Gasteiger partial charge in [0.15, 0.2) is 5.96 Å². The second kappa shape index (κ2) is 11.3. The molecule has 0 saturated carbocycles. The van der Waals surface area contributed by atoms with Gasteiger partial charge < -0.3 is 10.2 Å². The van der Waals surface area contributed by atoms with Crippen LogP contribution >= 0.6 is 24.0 Å². The lowest BCUT2D eigenvalue weighted by atomic mass is 10.2. The van der Waals surface area contributed by atoms with Gasteiger partial charge in [-0.2, -0.15) is 0 Å². The number of rotatable bonds is 7. The van der Waals surface area contributed by atoms with Gasteiger partial charge in [-0.15, -0.1) is 24.0 Å². The van der Waals surface area contributed by atoms with Gasteiger partial charge in [0.25, 0.3) is 0 Å². The number of hydrogen-bond acceptors (Lipinski definition) is 3. The van der Waals surface area contributed by atoms with Crippen molar-refractivity contribution in [3.05, 3.63) is 65.5 Å². The Bertz CT molecular complexity index is 872. The van der Waals surface area contributed by atoms with Crippen molar-refractivity contribution in [2.75, 3.05) is 27.2 Å². The highest BCUT2D eigenvalue weighted by atomic mass is 127. The molecule has 0 aromatic heterocycles. The van der Waals surface area contributed by atoms with Crippen molar-refractivity contribution >= 4 is 40.0 Å². The highest BCUT2D eigenvalue weighted by Crippen LogP contribution is 2.09. The maximum absolute atomic E-state index is 13.0. The van der Waals surface area contributed by atoms with Crippen LogP contribution in [0.4, 0.5) is 4.39 Å². The second-order valence-corrected chi connectivity index (χ2v) is 7.93. The molecule has 0 heterocycles. The Hall–Kier alpha value is -1.72. The van der Waals surface area contributed by atoms with Gasteiger partial charge in [0.2, 0.25) is 10.0 Å². The molecule has 0 saturated heterocycles. The summed E-state index contributed by atoms with van der Waals surface area (Å²) in [5.74, 6) is 0.346. The number of nitrogens with one attached hydrogen (secondary N) is 2. The van der Waals surface area contributed by atoms with E-state index in [9.17, 15) is 12.8 Å². The summed E-state index contributed by atoms with van der Waals surface area (Å²) in [6.07, 6.45) is 0. The lowest BCUT2D eigenvalue weighted by Crippen LogP contribution is -2.42. The molecule has 9 heteroatoms. The fourth-order valence-corrected chi connectivity index (χ4v) is 3.52. The topological polar surface area (TPSA) is 73.8 Å². The number of hydrogen-bond donors (Lipinski definition) is 2. The molecule has 0 aliphatic carbocycles. The van der Waals surface area contributed by atoms with Crippen LogP contribution < -0.4 is 10.0 Å². The molecule has 154 valence electrons. The third kappa shape index (κ3) is 7.36. The molecule has 0 aliphatic rings. The van der Waals surface area contributed by atoms with Crippen LogP contribution in [0, 0.1) is 12.7 Å². The molecule has 0 bridgehead atoms. The first-order valence-electron chi connectivity index (χ1n) is 8.54. The molecule has 0 unspecified atom stereocenters. The van der Waals surface area contributed by atoms with E-state index in [2.05, 4.69) is 15.0 Å². The van der Waals surface area contributed by atoms with Crippen molar-refractivity contribution < 1.29 is 12.8 Å². The summed E-state index contributed by atoms with van der Waals surface area (Å²) in [5, 5.41) is 3.11. The third-order valence-electron chi connectivity index (χ3n) is 3.94. The van der Waals surface area contributed by atoms with E-state index < -0.39 is 10.0 Å². The number of sulfonamides is 1.